The van der Waals surface area contributed by atoms with Gasteiger partial charge in [-0.1, -0.05) is 0 Å². The molecule has 0 saturated heterocycles. The first-order valence-electron chi connectivity index (χ1n) is 7.96. The summed E-state index contributed by atoms with van der Waals surface area (Å²) >= 11 is 0. The van der Waals surface area contributed by atoms with Crippen molar-refractivity contribution in [2.45, 2.75) is 11.9 Å². The molecule has 0 amide bonds. The Hall–Kier alpha value is -3.62. The van der Waals surface area contributed by atoms with Crippen LogP contribution in [0.25, 0.3) is 0 Å². The zero-order valence-electron chi connectivity index (χ0n) is 16.1. The Labute approximate surface area is 166 Å². The van der Waals surface area contributed by atoms with Crippen molar-refractivity contribution in [3.8, 4) is 11.8 Å². The van der Waals surface area contributed by atoms with Crippen LogP contribution in [0.5, 0.6) is 11.8 Å². The molecule has 15 heteroatoms. The number of sulfonamides is 1. The molecular formula is C14H20N8O6S. The van der Waals surface area contributed by atoms with Gasteiger partial charge < -0.3 is 25.8 Å². The molecule has 0 aliphatic rings. The second kappa shape index (κ2) is 8.59. The topological polar surface area (TPSA) is 190 Å². The number of hydrogen-bond acceptors (Lipinski definition) is 11. The molecule has 0 atom stereocenters. The van der Waals surface area contributed by atoms with Gasteiger partial charge in [-0.2, -0.15) is 27.8 Å². The zero-order valence-corrected chi connectivity index (χ0v) is 16.9. The van der Waals surface area contributed by atoms with Gasteiger partial charge in [-0.15, -0.1) is 5.10 Å². The van der Waals surface area contributed by atoms with Gasteiger partial charge in [0.1, 0.15) is 5.56 Å². The minimum Gasteiger partial charge on any atom is -0.481 e. The number of methoxy groups -OCH3 is 2. The Morgan fingerprint density at radius 1 is 1.28 bits per heavy atom. The van der Waals surface area contributed by atoms with Gasteiger partial charge in [0, 0.05) is 7.05 Å². The fraction of sp³-hybridized carbons (Fsp3) is 0.357. The molecule has 0 bridgehead atoms. The molecular weight excluding hydrogens is 408 g/mol. The average Bonchev–Trinajstić information content (AvgIpc) is 3.10. The Bertz CT molecular complexity index is 1010. The van der Waals surface area contributed by atoms with Crippen molar-refractivity contribution >= 4 is 27.9 Å². The molecule has 0 saturated carbocycles. The number of aryl methyl sites for hydroxylation is 1. The first-order valence-corrected chi connectivity index (χ1v) is 9.40. The minimum absolute atomic E-state index is 0.0208. The molecule has 0 aliphatic heterocycles. The van der Waals surface area contributed by atoms with Gasteiger partial charge in [0.05, 0.1) is 33.1 Å². The van der Waals surface area contributed by atoms with Crippen LogP contribution in [0.3, 0.4) is 0 Å². The average molecular weight is 428 g/mol. The number of hydrogen-bond donors (Lipinski definition) is 2. The number of guanidine groups is 1. The third-order valence-electron chi connectivity index (χ3n) is 3.47. The number of hydrazone groups is 1. The fourth-order valence-corrected chi connectivity index (χ4v) is 3.80. The number of aromatic nitrogens is 4. The molecule has 0 aliphatic carbocycles. The molecule has 0 spiro atoms. The Balaban J connectivity index is 2.75. The lowest BCUT2D eigenvalue weighted by Crippen LogP contribution is -2.45. The summed E-state index contributed by atoms with van der Waals surface area (Å²) in [4.78, 5) is 20.1. The van der Waals surface area contributed by atoms with Gasteiger partial charge in [-0.3, -0.25) is 4.68 Å². The van der Waals surface area contributed by atoms with E-state index in [1.165, 1.54) is 27.3 Å². The minimum atomic E-state index is -4.64. The summed E-state index contributed by atoms with van der Waals surface area (Å²) in [7, 11) is -0.699. The van der Waals surface area contributed by atoms with Crippen molar-refractivity contribution in [1.29, 1.82) is 0 Å². The number of nitrogens with two attached hydrogens (primary N) is 2. The predicted octanol–water partition coefficient (Wildman–Crippen LogP) is -1.21. The van der Waals surface area contributed by atoms with E-state index in [1.807, 2.05) is 0 Å². The first kappa shape index (κ1) is 21.7. The van der Waals surface area contributed by atoms with E-state index < -0.39 is 32.9 Å². The lowest BCUT2D eigenvalue weighted by Gasteiger charge is -2.21. The molecule has 2 aromatic rings. The standard InChI is InChI=1S/C14H20N8O6S/c1-5-28-12(23)8-7-17-21(2)11(8)29(24,25)22(13(15)20-16)14-18-9(26-3)6-10(19-14)27-4/h6-7H,5,16H2,1-4H3,(H2,15,20). The van der Waals surface area contributed by atoms with Crippen LogP contribution in [0.4, 0.5) is 5.95 Å². The summed E-state index contributed by atoms with van der Waals surface area (Å²) in [6, 6.07) is 1.32. The Morgan fingerprint density at radius 2 is 1.86 bits per heavy atom. The molecule has 0 radical (unpaired) electrons. The van der Waals surface area contributed by atoms with Gasteiger partial charge in [0.25, 0.3) is 16.0 Å². The fourth-order valence-electron chi connectivity index (χ4n) is 2.25. The number of esters is 1. The number of ether oxygens (including phenoxy) is 3. The van der Waals surface area contributed by atoms with Crippen LogP contribution in [0, 0.1) is 0 Å². The third-order valence-corrected chi connectivity index (χ3v) is 5.28. The van der Waals surface area contributed by atoms with E-state index in [1.54, 1.807) is 6.92 Å². The van der Waals surface area contributed by atoms with Crippen molar-refractivity contribution in [2.75, 3.05) is 25.1 Å². The molecule has 2 heterocycles. The molecule has 2 rings (SSSR count). The van der Waals surface area contributed by atoms with Gasteiger partial charge >= 0.3 is 5.97 Å². The van der Waals surface area contributed by atoms with E-state index in [4.69, 9.17) is 25.8 Å². The van der Waals surface area contributed by atoms with Crippen LogP contribution in [0.2, 0.25) is 0 Å². The molecule has 158 valence electrons. The van der Waals surface area contributed by atoms with Crippen molar-refractivity contribution in [3.05, 3.63) is 17.8 Å². The first-order chi connectivity index (χ1) is 13.7. The maximum atomic E-state index is 13.4. The summed E-state index contributed by atoms with van der Waals surface area (Å²) in [6.07, 6.45) is 1.05. The van der Waals surface area contributed by atoms with Crippen LogP contribution >= 0.6 is 0 Å². The molecule has 4 N–H and O–H groups in total. The Morgan fingerprint density at radius 3 is 2.34 bits per heavy atom. The molecule has 0 aromatic carbocycles. The third kappa shape index (κ3) is 4.13. The Kier molecular flexibility index (Phi) is 6.42. The summed E-state index contributed by atoms with van der Waals surface area (Å²) in [5.41, 5.74) is 5.40. The van der Waals surface area contributed by atoms with Crippen LogP contribution in [-0.4, -0.2) is 60.9 Å². The van der Waals surface area contributed by atoms with Crippen molar-refractivity contribution < 1.29 is 27.4 Å². The SMILES string of the molecule is CCOC(=O)c1cnn(C)c1S(=O)(=O)N(C(N)=NN)c1nc(OC)cc(OC)n1. The summed E-state index contributed by atoms with van der Waals surface area (Å²) < 4.78 is 43.2. The number of carbonyl (C=O) groups is 1. The zero-order chi connectivity index (χ0) is 21.8. The van der Waals surface area contributed by atoms with Crippen molar-refractivity contribution in [3.63, 3.8) is 0 Å². The molecule has 0 fully saturated rings. The molecule has 14 nitrogen and oxygen atoms in total. The molecule has 2 aromatic heterocycles. The number of nitrogens with zero attached hydrogens (tertiary/aromatic N) is 6. The smallest absolute Gasteiger partial charge is 0.342 e. The van der Waals surface area contributed by atoms with Crippen molar-refractivity contribution in [1.82, 2.24) is 19.7 Å². The second-order valence-corrected chi connectivity index (χ2v) is 6.92. The van der Waals surface area contributed by atoms with E-state index in [0.717, 1.165) is 10.9 Å². The molecule has 29 heavy (non-hydrogen) atoms. The highest BCUT2D eigenvalue weighted by atomic mass is 32.2. The lowest BCUT2D eigenvalue weighted by atomic mass is 10.4. The summed E-state index contributed by atoms with van der Waals surface area (Å²) in [6.45, 7) is 1.60. The van der Waals surface area contributed by atoms with Crippen molar-refractivity contribution in [2.24, 2.45) is 23.7 Å². The lowest BCUT2D eigenvalue weighted by molar-refractivity contribution is 0.0521. The van der Waals surface area contributed by atoms with Crippen LogP contribution in [0.15, 0.2) is 22.4 Å². The van der Waals surface area contributed by atoms with E-state index in [2.05, 4.69) is 20.2 Å². The largest absolute Gasteiger partial charge is 0.481 e. The van der Waals surface area contributed by atoms with Gasteiger partial charge in [-0.25, -0.2) is 4.79 Å². The summed E-state index contributed by atoms with van der Waals surface area (Å²) in [5.74, 6) is 3.10. The van der Waals surface area contributed by atoms with Crippen LogP contribution < -0.4 is 25.4 Å². The maximum absolute atomic E-state index is 13.4. The molecule has 0 unspecified atom stereocenters. The number of rotatable bonds is 7. The number of anilines is 1. The number of carbonyl (C=O) groups excluding carboxylic acids is 1. The maximum Gasteiger partial charge on any atom is 0.342 e. The normalized spacial score (nSPS) is 11.8. The van der Waals surface area contributed by atoms with E-state index in [-0.39, 0.29) is 23.9 Å². The highest BCUT2D eigenvalue weighted by Gasteiger charge is 2.38. The quantitative estimate of drug-likeness (QED) is 0.177. The van der Waals surface area contributed by atoms with Crippen LogP contribution in [0.1, 0.15) is 17.3 Å². The van der Waals surface area contributed by atoms with Gasteiger partial charge in [0.2, 0.25) is 17.7 Å². The van der Waals surface area contributed by atoms with E-state index >= 15 is 0 Å². The van der Waals surface area contributed by atoms with Crippen LogP contribution in [-0.2, 0) is 21.8 Å². The van der Waals surface area contributed by atoms with Gasteiger partial charge in [0.15, 0.2) is 5.03 Å². The van der Waals surface area contributed by atoms with E-state index in [0.29, 0.717) is 4.31 Å². The second-order valence-electron chi connectivity index (χ2n) is 5.22. The van der Waals surface area contributed by atoms with Gasteiger partial charge in [-0.05, 0) is 6.92 Å². The highest BCUT2D eigenvalue weighted by molar-refractivity contribution is 7.93. The highest BCUT2D eigenvalue weighted by Crippen LogP contribution is 2.27. The monoisotopic (exact) mass is 428 g/mol. The predicted molar refractivity (Wildman–Crippen MR) is 99.8 cm³/mol. The summed E-state index contributed by atoms with van der Waals surface area (Å²) in [5, 5.41) is 6.51. The van der Waals surface area contributed by atoms with E-state index in [9.17, 15) is 13.2 Å².